The highest BCUT2D eigenvalue weighted by Crippen LogP contribution is 2.30. The number of aryl methyl sites for hydroxylation is 2. The number of nitrogens with zero attached hydrogens (tertiary/aromatic N) is 2. The third kappa shape index (κ3) is 1.44. The van der Waals surface area contributed by atoms with Gasteiger partial charge in [0.1, 0.15) is 28.7 Å². The van der Waals surface area contributed by atoms with Gasteiger partial charge in [0.05, 0.1) is 5.39 Å². The van der Waals surface area contributed by atoms with E-state index in [1.54, 1.807) is 12.1 Å². The lowest BCUT2D eigenvalue weighted by molar-refractivity contribution is 0.563. The van der Waals surface area contributed by atoms with Crippen LogP contribution < -0.4 is 5.63 Å². The summed E-state index contributed by atoms with van der Waals surface area (Å²) in [5.41, 5.74) is 1.85. The molecule has 0 aliphatic carbocycles. The van der Waals surface area contributed by atoms with E-state index in [4.69, 9.17) is 19.4 Å². The molecule has 0 fully saturated rings. The molecule has 0 radical (unpaired) electrons. The van der Waals surface area contributed by atoms with Gasteiger partial charge in [0, 0.05) is 0 Å². The summed E-state index contributed by atoms with van der Waals surface area (Å²) in [4.78, 5) is 12.0. The fourth-order valence-electron chi connectivity index (χ4n) is 2.20. The van der Waals surface area contributed by atoms with Crippen molar-refractivity contribution in [2.24, 2.45) is 0 Å². The van der Waals surface area contributed by atoms with E-state index in [1.807, 2.05) is 26.0 Å². The van der Waals surface area contributed by atoms with Gasteiger partial charge in [-0.05, 0) is 37.1 Å². The molecular formula is C15H8N2O3. The quantitative estimate of drug-likeness (QED) is 0.582. The molecule has 3 aromatic rings. The molecule has 0 saturated carbocycles. The molecule has 20 heavy (non-hydrogen) atoms. The number of fused-ring (bicyclic) bond motifs is 3. The van der Waals surface area contributed by atoms with Gasteiger partial charge in [0.25, 0.3) is 0 Å². The van der Waals surface area contributed by atoms with Gasteiger partial charge in [-0.15, -0.1) is 0 Å². The third-order valence-corrected chi connectivity index (χ3v) is 3.37. The van der Waals surface area contributed by atoms with Crippen LogP contribution in [0, 0.1) is 36.5 Å². The number of furan rings is 1. The van der Waals surface area contributed by atoms with Crippen LogP contribution in [0.25, 0.3) is 21.9 Å². The minimum atomic E-state index is -0.669. The smallest absolute Gasteiger partial charge is 0.348 e. The minimum absolute atomic E-state index is 0.0276. The SMILES string of the molecule is Cc1cc2oc(=O)c3c(C#N)c(C#N)oc3c2cc1C. The Morgan fingerprint density at radius 1 is 1.05 bits per heavy atom. The van der Waals surface area contributed by atoms with Crippen LogP contribution in [0.1, 0.15) is 22.5 Å². The number of hydrogen-bond acceptors (Lipinski definition) is 5. The summed E-state index contributed by atoms with van der Waals surface area (Å²) in [5, 5.41) is 18.7. The van der Waals surface area contributed by atoms with E-state index in [0.29, 0.717) is 11.0 Å². The summed E-state index contributed by atoms with van der Waals surface area (Å²) in [6.45, 7) is 3.83. The lowest BCUT2D eigenvalue weighted by Crippen LogP contribution is -2.00. The number of hydrogen-bond donors (Lipinski definition) is 0. The van der Waals surface area contributed by atoms with Gasteiger partial charge in [-0.3, -0.25) is 0 Å². The lowest BCUT2D eigenvalue weighted by atomic mass is 10.1. The van der Waals surface area contributed by atoms with Crippen molar-refractivity contribution in [2.75, 3.05) is 0 Å². The first-order chi connectivity index (χ1) is 9.56. The van der Waals surface area contributed by atoms with Crippen LogP contribution in [0.4, 0.5) is 0 Å². The second-order valence-electron chi connectivity index (χ2n) is 4.56. The Morgan fingerprint density at radius 2 is 1.75 bits per heavy atom. The number of benzene rings is 1. The molecule has 2 aromatic heterocycles. The zero-order chi connectivity index (χ0) is 14.4. The highest BCUT2D eigenvalue weighted by atomic mass is 16.4. The molecule has 0 bridgehead atoms. The van der Waals surface area contributed by atoms with E-state index in [2.05, 4.69) is 0 Å². The van der Waals surface area contributed by atoms with Gasteiger partial charge in [0.15, 0.2) is 5.58 Å². The van der Waals surface area contributed by atoms with Crippen molar-refractivity contribution in [3.05, 3.63) is 45.0 Å². The molecule has 1 aromatic carbocycles. The number of rotatable bonds is 0. The Labute approximate surface area is 113 Å². The molecule has 0 aliphatic heterocycles. The second-order valence-corrected chi connectivity index (χ2v) is 4.56. The summed E-state index contributed by atoms with van der Waals surface area (Å²) in [6.07, 6.45) is 0. The van der Waals surface area contributed by atoms with Crippen LogP contribution in [0.2, 0.25) is 0 Å². The molecule has 0 saturated heterocycles. The van der Waals surface area contributed by atoms with Gasteiger partial charge in [-0.1, -0.05) is 0 Å². The number of nitriles is 2. The fraction of sp³-hybridized carbons (Fsp3) is 0.133. The zero-order valence-electron chi connectivity index (χ0n) is 10.8. The summed E-state index contributed by atoms with van der Waals surface area (Å²) in [7, 11) is 0. The predicted octanol–water partition coefficient (Wildman–Crippen LogP) is 2.90. The highest BCUT2D eigenvalue weighted by Gasteiger charge is 2.21. The van der Waals surface area contributed by atoms with Crippen LogP contribution in [0.3, 0.4) is 0 Å². The average Bonchev–Trinajstić information content (AvgIpc) is 2.80. The Balaban J connectivity index is 2.65. The fourth-order valence-corrected chi connectivity index (χ4v) is 2.20. The average molecular weight is 264 g/mol. The van der Waals surface area contributed by atoms with Crippen LogP contribution in [-0.2, 0) is 0 Å². The Hall–Kier alpha value is -3.05. The summed E-state index contributed by atoms with van der Waals surface area (Å²) < 4.78 is 10.6. The van der Waals surface area contributed by atoms with Crippen LogP contribution in [0.15, 0.2) is 25.8 Å². The molecule has 0 spiro atoms. The summed E-state index contributed by atoms with van der Waals surface area (Å²) >= 11 is 0. The van der Waals surface area contributed by atoms with Gasteiger partial charge in [0.2, 0.25) is 5.76 Å². The molecule has 96 valence electrons. The Morgan fingerprint density at radius 3 is 2.40 bits per heavy atom. The molecule has 0 unspecified atom stereocenters. The first-order valence-electron chi connectivity index (χ1n) is 5.87. The lowest BCUT2D eigenvalue weighted by Gasteiger charge is -2.02. The molecule has 0 aliphatic rings. The first kappa shape index (κ1) is 12.0. The maximum Gasteiger partial charge on any atom is 0.348 e. The van der Waals surface area contributed by atoms with Crippen molar-refractivity contribution in [2.45, 2.75) is 13.8 Å². The van der Waals surface area contributed by atoms with Gasteiger partial charge < -0.3 is 8.83 Å². The van der Waals surface area contributed by atoms with Crippen molar-refractivity contribution in [1.29, 1.82) is 10.5 Å². The topological polar surface area (TPSA) is 90.9 Å². The molecule has 0 atom stereocenters. The van der Waals surface area contributed by atoms with Crippen molar-refractivity contribution in [3.63, 3.8) is 0 Å². The van der Waals surface area contributed by atoms with Gasteiger partial charge in [-0.2, -0.15) is 10.5 Å². The largest absolute Gasteiger partial charge is 0.443 e. The monoisotopic (exact) mass is 264 g/mol. The highest BCUT2D eigenvalue weighted by molar-refractivity contribution is 6.03. The van der Waals surface area contributed by atoms with Gasteiger partial charge in [-0.25, -0.2) is 4.79 Å². The van der Waals surface area contributed by atoms with Crippen LogP contribution >= 0.6 is 0 Å². The van der Waals surface area contributed by atoms with E-state index in [9.17, 15) is 4.79 Å². The zero-order valence-corrected chi connectivity index (χ0v) is 10.8. The van der Waals surface area contributed by atoms with E-state index in [0.717, 1.165) is 11.1 Å². The summed E-state index contributed by atoms with van der Waals surface area (Å²) in [5.74, 6) is -0.166. The van der Waals surface area contributed by atoms with E-state index < -0.39 is 5.63 Å². The maximum atomic E-state index is 12.0. The molecule has 2 heterocycles. The second kappa shape index (κ2) is 3.97. The van der Waals surface area contributed by atoms with Crippen molar-refractivity contribution >= 4 is 21.9 Å². The molecule has 0 amide bonds. The van der Waals surface area contributed by atoms with E-state index in [1.165, 1.54) is 0 Å². The van der Waals surface area contributed by atoms with Crippen molar-refractivity contribution < 1.29 is 8.83 Å². The molecule has 5 heteroatoms. The van der Waals surface area contributed by atoms with Gasteiger partial charge >= 0.3 is 5.63 Å². The third-order valence-electron chi connectivity index (χ3n) is 3.37. The molecule has 3 rings (SSSR count). The van der Waals surface area contributed by atoms with Crippen LogP contribution in [0.5, 0.6) is 0 Å². The Bertz CT molecular complexity index is 1010. The summed E-state index contributed by atoms with van der Waals surface area (Å²) in [6, 6.07) is 7.17. The van der Waals surface area contributed by atoms with E-state index >= 15 is 0 Å². The maximum absolute atomic E-state index is 12.0. The standard InChI is InChI=1S/C15H8N2O3/c1-7-3-9-11(4-8(7)2)20-15(18)13-10(5-16)12(6-17)19-14(9)13/h3-4H,1-2H3. The molecule has 5 nitrogen and oxygen atoms in total. The minimum Gasteiger partial charge on any atom is -0.443 e. The van der Waals surface area contributed by atoms with Crippen molar-refractivity contribution in [1.82, 2.24) is 0 Å². The first-order valence-corrected chi connectivity index (χ1v) is 5.87. The molecule has 0 N–H and O–H groups in total. The molecular weight excluding hydrogens is 256 g/mol. The van der Waals surface area contributed by atoms with E-state index in [-0.39, 0.29) is 22.3 Å². The normalized spacial score (nSPS) is 10.6. The predicted molar refractivity (Wildman–Crippen MR) is 71.2 cm³/mol. The van der Waals surface area contributed by atoms with Crippen LogP contribution in [-0.4, -0.2) is 0 Å². The Kier molecular flexibility index (Phi) is 2.39. The van der Waals surface area contributed by atoms with Crippen molar-refractivity contribution in [3.8, 4) is 12.1 Å².